The third-order valence-electron chi connectivity index (χ3n) is 4.97. The molecule has 0 amide bonds. The molecule has 0 aliphatic carbocycles. The van der Waals surface area contributed by atoms with Gasteiger partial charge in [0.1, 0.15) is 18.5 Å². The molecule has 1 atom stereocenters. The quantitative estimate of drug-likeness (QED) is 0.362. The van der Waals surface area contributed by atoms with E-state index in [-0.39, 0.29) is 30.1 Å². The zero-order valence-corrected chi connectivity index (χ0v) is 20.3. The number of aromatic nitrogens is 2. The van der Waals surface area contributed by atoms with E-state index in [1.165, 1.54) is 11.1 Å². The van der Waals surface area contributed by atoms with Gasteiger partial charge in [-0.2, -0.15) is 0 Å². The summed E-state index contributed by atoms with van der Waals surface area (Å²) < 4.78 is 8.28. The summed E-state index contributed by atoms with van der Waals surface area (Å²) in [5, 5.41) is 3.44. The van der Waals surface area contributed by atoms with Crippen molar-refractivity contribution < 1.29 is 4.74 Å². The average molecular weight is 511 g/mol. The highest BCUT2D eigenvalue weighted by atomic mass is 127. The molecule has 1 unspecified atom stereocenters. The Hall–Kier alpha value is -1.61. The van der Waals surface area contributed by atoms with Crippen LogP contribution in [0.15, 0.2) is 41.7 Å². The maximum atomic E-state index is 6.08. The Balaban J connectivity index is 0.00000300. The van der Waals surface area contributed by atoms with Crippen molar-refractivity contribution in [2.45, 2.75) is 46.9 Å². The average Bonchev–Trinajstić information content (AvgIpc) is 3.12. The summed E-state index contributed by atoms with van der Waals surface area (Å²) in [4.78, 5) is 11.7. The topological polar surface area (TPSA) is 54.7 Å². The number of ether oxygens (including phenoxy) is 1. The molecule has 2 aromatic rings. The fourth-order valence-corrected chi connectivity index (χ4v) is 3.60. The Kier molecular flexibility index (Phi) is 9.42. The Morgan fingerprint density at radius 1 is 1.34 bits per heavy atom. The maximum Gasteiger partial charge on any atom is 0.194 e. The van der Waals surface area contributed by atoms with Gasteiger partial charge in [0, 0.05) is 32.0 Å². The van der Waals surface area contributed by atoms with Crippen molar-refractivity contribution >= 4 is 29.9 Å². The number of halogens is 1. The highest BCUT2D eigenvalue weighted by Crippen LogP contribution is 2.25. The van der Waals surface area contributed by atoms with Gasteiger partial charge in [0.2, 0.25) is 0 Å². The minimum Gasteiger partial charge on any atom is -0.370 e. The van der Waals surface area contributed by atoms with Gasteiger partial charge in [-0.1, -0.05) is 38.1 Å². The first-order valence-corrected chi connectivity index (χ1v) is 10.3. The summed E-state index contributed by atoms with van der Waals surface area (Å²) in [5.74, 6) is 2.52. The molecule has 1 aliphatic rings. The van der Waals surface area contributed by atoms with E-state index in [0.717, 1.165) is 38.0 Å². The molecule has 1 aromatic heterocycles. The van der Waals surface area contributed by atoms with Crippen LogP contribution in [0.25, 0.3) is 0 Å². The first-order valence-electron chi connectivity index (χ1n) is 10.3. The van der Waals surface area contributed by atoms with Crippen LogP contribution in [0, 0.1) is 12.8 Å². The third-order valence-corrected chi connectivity index (χ3v) is 4.97. The van der Waals surface area contributed by atoms with E-state index in [1.807, 2.05) is 12.4 Å². The van der Waals surface area contributed by atoms with Crippen LogP contribution >= 0.6 is 24.0 Å². The standard InChI is InChI=1S/C22H33N5O.HI/c1-5-23-22(25-14-21-24-10-11-26(21)15-17(2)3)27-12-13-28-20(16-27)19-9-7-6-8-18(19)4;/h6-11,17,20H,5,12-16H2,1-4H3,(H,23,25);1H. The molecule has 0 saturated carbocycles. The second-order valence-corrected chi connectivity index (χ2v) is 7.72. The fraction of sp³-hybridized carbons (Fsp3) is 0.545. The minimum atomic E-state index is 0. The highest BCUT2D eigenvalue weighted by Gasteiger charge is 2.25. The molecule has 6 nitrogen and oxygen atoms in total. The van der Waals surface area contributed by atoms with E-state index < -0.39 is 0 Å². The van der Waals surface area contributed by atoms with Gasteiger partial charge in [-0.25, -0.2) is 9.98 Å². The molecule has 1 fully saturated rings. The smallest absolute Gasteiger partial charge is 0.194 e. The van der Waals surface area contributed by atoms with Gasteiger partial charge in [-0.3, -0.25) is 0 Å². The SMILES string of the molecule is CCNC(=NCc1nccn1CC(C)C)N1CCOC(c2ccccc2C)C1.I. The largest absolute Gasteiger partial charge is 0.370 e. The van der Waals surface area contributed by atoms with E-state index in [0.29, 0.717) is 19.1 Å². The van der Waals surface area contributed by atoms with Crippen LogP contribution < -0.4 is 5.32 Å². The molecular weight excluding hydrogens is 477 g/mol. The van der Waals surface area contributed by atoms with Crippen LogP contribution in [0.4, 0.5) is 0 Å². The second kappa shape index (κ2) is 11.5. The zero-order chi connectivity index (χ0) is 19.9. The van der Waals surface area contributed by atoms with E-state index in [9.17, 15) is 0 Å². The Morgan fingerprint density at radius 2 is 2.14 bits per heavy atom. The van der Waals surface area contributed by atoms with Gasteiger partial charge in [0.15, 0.2) is 5.96 Å². The summed E-state index contributed by atoms with van der Waals surface area (Å²) in [6.45, 7) is 13.4. The molecule has 0 radical (unpaired) electrons. The number of morpholine rings is 1. The van der Waals surface area contributed by atoms with Crippen molar-refractivity contribution in [2.24, 2.45) is 10.9 Å². The van der Waals surface area contributed by atoms with Crippen LogP contribution in [0.5, 0.6) is 0 Å². The van der Waals surface area contributed by atoms with E-state index in [4.69, 9.17) is 9.73 Å². The molecule has 1 aromatic carbocycles. The summed E-state index contributed by atoms with van der Waals surface area (Å²) in [7, 11) is 0. The van der Waals surface area contributed by atoms with Gasteiger partial charge in [0.25, 0.3) is 0 Å². The number of rotatable bonds is 6. The molecule has 7 heteroatoms. The van der Waals surface area contributed by atoms with Gasteiger partial charge in [-0.15, -0.1) is 24.0 Å². The fourth-order valence-electron chi connectivity index (χ4n) is 3.60. The van der Waals surface area contributed by atoms with Crippen LogP contribution in [-0.4, -0.2) is 46.7 Å². The molecule has 0 spiro atoms. The van der Waals surface area contributed by atoms with Crippen molar-refractivity contribution in [3.8, 4) is 0 Å². The molecule has 1 N–H and O–H groups in total. The number of hydrogen-bond donors (Lipinski definition) is 1. The Bertz CT molecular complexity index is 789. The lowest BCUT2D eigenvalue weighted by Gasteiger charge is -2.35. The molecule has 2 heterocycles. The number of nitrogens with one attached hydrogen (secondary N) is 1. The normalized spacial score (nSPS) is 17.3. The lowest BCUT2D eigenvalue weighted by atomic mass is 10.0. The van der Waals surface area contributed by atoms with Crippen LogP contribution in [0.3, 0.4) is 0 Å². The molecular formula is C22H34IN5O. The van der Waals surface area contributed by atoms with Crippen molar-refractivity contribution in [3.05, 3.63) is 53.6 Å². The molecule has 29 heavy (non-hydrogen) atoms. The molecule has 160 valence electrons. The number of aliphatic imine (C=N–C) groups is 1. The van der Waals surface area contributed by atoms with Gasteiger partial charge in [-0.05, 0) is 30.9 Å². The number of nitrogens with zero attached hydrogens (tertiary/aromatic N) is 4. The van der Waals surface area contributed by atoms with Crippen molar-refractivity contribution in [1.82, 2.24) is 19.8 Å². The predicted molar refractivity (Wildman–Crippen MR) is 129 cm³/mol. The van der Waals surface area contributed by atoms with Gasteiger partial charge >= 0.3 is 0 Å². The summed E-state index contributed by atoms with van der Waals surface area (Å²) in [6.07, 6.45) is 3.98. The highest BCUT2D eigenvalue weighted by molar-refractivity contribution is 14.0. The third kappa shape index (κ3) is 6.44. The van der Waals surface area contributed by atoms with E-state index in [1.54, 1.807) is 0 Å². The number of hydrogen-bond acceptors (Lipinski definition) is 3. The number of aryl methyl sites for hydroxylation is 1. The lowest BCUT2D eigenvalue weighted by Crippen LogP contribution is -2.48. The monoisotopic (exact) mass is 511 g/mol. The summed E-state index contributed by atoms with van der Waals surface area (Å²) >= 11 is 0. The van der Waals surface area contributed by atoms with Gasteiger partial charge < -0.3 is 19.5 Å². The number of imidazole rings is 1. The van der Waals surface area contributed by atoms with E-state index in [2.05, 4.69) is 71.7 Å². The first-order chi connectivity index (χ1) is 13.6. The molecule has 1 aliphatic heterocycles. The second-order valence-electron chi connectivity index (χ2n) is 7.72. The molecule has 1 saturated heterocycles. The van der Waals surface area contributed by atoms with Crippen molar-refractivity contribution in [1.29, 1.82) is 0 Å². The van der Waals surface area contributed by atoms with Gasteiger partial charge in [0.05, 0.1) is 13.2 Å². The number of guanidine groups is 1. The van der Waals surface area contributed by atoms with Crippen LogP contribution in [0.2, 0.25) is 0 Å². The number of benzene rings is 1. The zero-order valence-electron chi connectivity index (χ0n) is 18.0. The maximum absolute atomic E-state index is 6.08. The molecule has 3 rings (SSSR count). The predicted octanol–water partition coefficient (Wildman–Crippen LogP) is 4.00. The van der Waals surface area contributed by atoms with Crippen LogP contribution in [0.1, 0.15) is 43.8 Å². The molecule has 0 bridgehead atoms. The summed E-state index contributed by atoms with van der Waals surface area (Å²) in [5.41, 5.74) is 2.53. The van der Waals surface area contributed by atoms with E-state index >= 15 is 0 Å². The van der Waals surface area contributed by atoms with Crippen molar-refractivity contribution in [3.63, 3.8) is 0 Å². The Morgan fingerprint density at radius 3 is 2.86 bits per heavy atom. The van der Waals surface area contributed by atoms with Crippen molar-refractivity contribution in [2.75, 3.05) is 26.2 Å². The lowest BCUT2D eigenvalue weighted by molar-refractivity contribution is -0.00834. The first kappa shape index (κ1) is 23.7. The minimum absolute atomic E-state index is 0. The van der Waals surface area contributed by atoms with Crippen LogP contribution in [-0.2, 0) is 17.8 Å². The summed E-state index contributed by atoms with van der Waals surface area (Å²) in [6, 6.07) is 8.46. The Labute approximate surface area is 191 Å².